The first-order valence-corrected chi connectivity index (χ1v) is 11.0. The monoisotopic (exact) mass is 440 g/mol. The number of nitrogens with zero attached hydrogens (tertiary/aromatic N) is 3. The molecule has 0 saturated carbocycles. The van der Waals surface area contributed by atoms with E-state index in [1.807, 2.05) is 56.3 Å². The second-order valence-corrected chi connectivity index (χ2v) is 8.72. The van der Waals surface area contributed by atoms with Gasteiger partial charge in [-0.2, -0.15) is 4.37 Å². The van der Waals surface area contributed by atoms with Crippen molar-refractivity contribution in [3.63, 3.8) is 0 Å². The molecule has 0 radical (unpaired) electrons. The highest BCUT2D eigenvalue weighted by Gasteiger charge is 2.15. The lowest BCUT2D eigenvalue weighted by atomic mass is 10.1. The molecule has 8 heteroatoms. The molecule has 29 heavy (non-hydrogen) atoms. The largest absolute Gasteiger partial charge is 0.325 e. The Bertz CT molecular complexity index is 1190. The van der Waals surface area contributed by atoms with Crippen molar-refractivity contribution < 1.29 is 4.79 Å². The number of benzene rings is 2. The maximum atomic E-state index is 12.4. The van der Waals surface area contributed by atoms with Crippen molar-refractivity contribution in [3.8, 4) is 11.3 Å². The minimum atomic E-state index is -0.0714. The Morgan fingerprint density at radius 2 is 1.93 bits per heavy atom. The number of hydrogen-bond acceptors (Lipinski definition) is 6. The number of fused-ring (bicyclic) bond motifs is 1. The van der Waals surface area contributed by atoms with Gasteiger partial charge in [0.05, 0.1) is 5.75 Å². The summed E-state index contributed by atoms with van der Waals surface area (Å²) in [6, 6.07) is 13.5. The van der Waals surface area contributed by atoms with Gasteiger partial charge in [-0.1, -0.05) is 47.6 Å². The zero-order valence-electron chi connectivity index (χ0n) is 15.8. The number of aryl methyl sites for hydroxylation is 2. The first-order chi connectivity index (χ1) is 14.0. The van der Waals surface area contributed by atoms with E-state index in [9.17, 15) is 4.79 Å². The smallest absolute Gasteiger partial charge is 0.234 e. The van der Waals surface area contributed by atoms with Gasteiger partial charge in [-0.05, 0) is 54.7 Å². The summed E-state index contributed by atoms with van der Waals surface area (Å²) in [4.78, 5) is 21.2. The van der Waals surface area contributed by atoms with Gasteiger partial charge in [0.2, 0.25) is 5.91 Å². The number of rotatable bonds is 5. The summed E-state index contributed by atoms with van der Waals surface area (Å²) < 4.78 is 5.43. The molecule has 0 unspecified atom stereocenters. The third-order valence-corrected chi connectivity index (χ3v) is 6.56. The Labute approximate surface area is 181 Å². The Balaban J connectivity index is 1.52. The fourth-order valence-electron chi connectivity index (χ4n) is 2.83. The summed E-state index contributed by atoms with van der Waals surface area (Å²) in [6.07, 6.45) is 1.51. The first kappa shape index (κ1) is 19.8. The highest BCUT2D eigenvalue weighted by molar-refractivity contribution is 8.00. The molecule has 146 valence electrons. The molecule has 0 aliphatic rings. The second-order valence-electron chi connectivity index (χ2n) is 6.55. The Kier molecular flexibility index (Phi) is 5.80. The summed E-state index contributed by atoms with van der Waals surface area (Å²) in [5.74, 6) is 0.186. The van der Waals surface area contributed by atoms with E-state index >= 15 is 0 Å². The lowest BCUT2D eigenvalue weighted by Gasteiger charge is -2.09. The standard InChI is InChI=1S/C21H17ClN4OS2/c1-12-3-4-13(2)16(9-12)25-17(27)10-28-21-20-19(23-11-24-21)18(26-29-20)14-5-7-15(22)8-6-14/h3-9,11H,10H2,1-2H3,(H,25,27). The van der Waals surface area contributed by atoms with Gasteiger partial charge < -0.3 is 5.32 Å². The van der Waals surface area contributed by atoms with Crippen LogP contribution in [0.1, 0.15) is 11.1 Å². The zero-order valence-corrected chi connectivity index (χ0v) is 18.2. The minimum absolute atomic E-state index is 0.0714. The van der Waals surface area contributed by atoms with Crippen LogP contribution in [0.3, 0.4) is 0 Å². The maximum Gasteiger partial charge on any atom is 0.234 e. The number of carbonyl (C=O) groups is 1. The number of halogens is 1. The van der Waals surface area contributed by atoms with E-state index in [2.05, 4.69) is 19.7 Å². The van der Waals surface area contributed by atoms with Gasteiger partial charge in [-0.25, -0.2) is 9.97 Å². The molecular weight excluding hydrogens is 424 g/mol. The summed E-state index contributed by atoms with van der Waals surface area (Å²) in [5.41, 5.74) is 5.51. The summed E-state index contributed by atoms with van der Waals surface area (Å²) in [7, 11) is 0. The lowest BCUT2D eigenvalue weighted by Crippen LogP contribution is -2.15. The topological polar surface area (TPSA) is 67.8 Å². The van der Waals surface area contributed by atoms with Crippen molar-refractivity contribution in [2.45, 2.75) is 18.9 Å². The maximum absolute atomic E-state index is 12.4. The fraction of sp³-hybridized carbons (Fsp3) is 0.143. The van der Waals surface area contributed by atoms with Gasteiger partial charge in [-0.15, -0.1) is 0 Å². The van der Waals surface area contributed by atoms with Crippen LogP contribution in [-0.4, -0.2) is 26.0 Å². The predicted octanol–water partition coefficient (Wildman–Crippen LogP) is 5.75. The first-order valence-electron chi connectivity index (χ1n) is 8.87. The molecule has 0 fully saturated rings. The molecule has 0 bridgehead atoms. The molecule has 0 atom stereocenters. The van der Waals surface area contributed by atoms with Gasteiger partial charge in [0.15, 0.2) is 0 Å². The molecule has 4 aromatic rings. The molecule has 0 spiro atoms. The number of hydrogen-bond donors (Lipinski definition) is 1. The van der Waals surface area contributed by atoms with Crippen LogP contribution in [0.25, 0.3) is 21.5 Å². The molecule has 2 heterocycles. The molecule has 4 rings (SSSR count). The van der Waals surface area contributed by atoms with E-state index in [0.717, 1.165) is 43.3 Å². The number of amides is 1. The van der Waals surface area contributed by atoms with Crippen LogP contribution in [0.4, 0.5) is 5.69 Å². The van der Waals surface area contributed by atoms with Crippen molar-refractivity contribution in [3.05, 3.63) is 64.9 Å². The molecule has 0 aliphatic carbocycles. The number of anilines is 1. The number of thioether (sulfide) groups is 1. The minimum Gasteiger partial charge on any atom is -0.325 e. The molecule has 2 aromatic heterocycles. The van der Waals surface area contributed by atoms with Crippen LogP contribution in [0, 0.1) is 13.8 Å². The number of carbonyl (C=O) groups excluding carboxylic acids is 1. The molecule has 0 saturated heterocycles. The van der Waals surface area contributed by atoms with Crippen LogP contribution in [-0.2, 0) is 4.79 Å². The van der Waals surface area contributed by atoms with Crippen molar-refractivity contribution in [1.82, 2.24) is 14.3 Å². The van der Waals surface area contributed by atoms with Crippen molar-refractivity contribution in [2.24, 2.45) is 0 Å². The summed E-state index contributed by atoms with van der Waals surface area (Å²) >= 11 is 8.70. The number of aromatic nitrogens is 3. The summed E-state index contributed by atoms with van der Waals surface area (Å²) in [5, 5.41) is 4.41. The van der Waals surface area contributed by atoms with Gasteiger partial charge in [0, 0.05) is 16.3 Å². The van der Waals surface area contributed by atoms with Crippen LogP contribution in [0.5, 0.6) is 0 Å². The summed E-state index contributed by atoms with van der Waals surface area (Å²) in [6.45, 7) is 3.98. The molecule has 1 N–H and O–H groups in total. The lowest BCUT2D eigenvalue weighted by molar-refractivity contribution is -0.113. The van der Waals surface area contributed by atoms with Crippen LogP contribution in [0.15, 0.2) is 53.8 Å². The van der Waals surface area contributed by atoms with Crippen LogP contribution >= 0.6 is 34.9 Å². The highest BCUT2D eigenvalue weighted by Crippen LogP contribution is 2.34. The van der Waals surface area contributed by atoms with Gasteiger partial charge in [0.1, 0.15) is 27.3 Å². The Morgan fingerprint density at radius 3 is 2.72 bits per heavy atom. The molecule has 0 aliphatic heterocycles. The fourth-order valence-corrected chi connectivity index (χ4v) is 4.68. The third-order valence-electron chi connectivity index (χ3n) is 4.35. The van der Waals surface area contributed by atoms with E-state index in [1.54, 1.807) is 0 Å². The quantitative estimate of drug-likeness (QED) is 0.316. The van der Waals surface area contributed by atoms with Gasteiger partial charge in [0.25, 0.3) is 0 Å². The number of nitrogens with one attached hydrogen (secondary N) is 1. The average Bonchev–Trinajstić information content (AvgIpc) is 3.14. The van der Waals surface area contributed by atoms with Crippen LogP contribution in [0.2, 0.25) is 5.02 Å². The van der Waals surface area contributed by atoms with Crippen molar-refractivity contribution in [1.29, 1.82) is 0 Å². The van der Waals surface area contributed by atoms with E-state index in [-0.39, 0.29) is 11.7 Å². The van der Waals surface area contributed by atoms with Crippen molar-refractivity contribution in [2.75, 3.05) is 11.1 Å². The highest BCUT2D eigenvalue weighted by atomic mass is 35.5. The van der Waals surface area contributed by atoms with Crippen molar-refractivity contribution >= 4 is 56.7 Å². The SMILES string of the molecule is Cc1ccc(C)c(NC(=O)CSc2ncnc3c(-c4ccc(Cl)cc4)nsc23)c1. The Hall–Kier alpha value is -2.48. The van der Waals surface area contributed by atoms with Crippen LogP contribution < -0.4 is 5.32 Å². The van der Waals surface area contributed by atoms with E-state index in [0.29, 0.717) is 5.02 Å². The molecule has 5 nitrogen and oxygen atoms in total. The third kappa shape index (κ3) is 4.42. The van der Waals surface area contributed by atoms with Gasteiger partial charge in [-0.3, -0.25) is 4.79 Å². The second kappa shape index (κ2) is 8.49. The normalized spacial score (nSPS) is 11.0. The average molecular weight is 441 g/mol. The Morgan fingerprint density at radius 1 is 1.14 bits per heavy atom. The molecule has 1 amide bonds. The van der Waals surface area contributed by atoms with E-state index in [1.165, 1.54) is 29.6 Å². The molecular formula is C21H17ClN4OS2. The van der Waals surface area contributed by atoms with E-state index in [4.69, 9.17) is 11.6 Å². The zero-order chi connectivity index (χ0) is 20.4. The molecule has 2 aromatic carbocycles. The van der Waals surface area contributed by atoms with Gasteiger partial charge >= 0.3 is 0 Å². The predicted molar refractivity (Wildman–Crippen MR) is 121 cm³/mol. The van der Waals surface area contributed by atoms with E-state index < -0.39 is 0 Å².